The second kappa shape index (κ2) is 15.5. The van der Waals surface area contributed by atoms with Crippen LogP contribution in [0.25, 0.3) is 113 Å². The van der Waals surface area contributed by atoms with Gasteiger partial charge in [0.15, 0.2) is 17.5 Å². The van der Waals surface area contributed by atoms with Gasteiger partial charge >= 0.3 is 0 Å². The first-order chi connectivity index (χ1) is 31.1. The molecule has 1 aliphatic carbocycles. The number of thiophene rings is 2. The number of rotatable bonds is 7. The van der Waals surface area contributed by atoms with E-state index in [4.69, 9.17) is 15.0 Å². The van der Waals surface area contributed by atoms with Gasteiger partial charge in [0.1, 0.15) is 0 Å². The Morgan fingerprint density at radius 1 is 0.413 bits per heavy atom. The molecule has 1 atom stereocenters. The standard InChI is InChI=1S/C58H39N3S2/c1-36-26-28-37(29-27-36)38-30-32-39(33-31-38)45-19-10-22-49-53-50(23-11-25-52(53)63-55(45)49)58-60-56(40-12-3-2-4-13-40)59-57(61-58)44-17-8-15-42(35-44)41-14-7-16-43(34-41)46-20-9-21-48-47-18-5-6-24-51(47)62-54(46)48/h2-26,28-36H,27H2,1H3. The summed E-state index contributed by atoms with van der Waals surface area (Å²) in [4.78, 5) is 15.7. The first kappa shape index (κ1) is 37.5. The maximum Gasteiger partial charge on any atom is 0.164 e. The van der Waals surface area contributed by atoms with E-state index >= 15 is 0 Å². The van der Waals surface area contributed by atoms with E-state index in [9.17, 15) is 0 Å². The van der Waals surface area contributed by atoms with Crippen LogP contribution < -0.4 is 0 Å². The van der Waals surface area contributed by atoms with Crippen molar-refractivity contribution in [3.8, 4) is 67.5 Å². The van der Waals surface area contributed by atoms with Gasteiger partial charge in [0.2, 0.25) is 0 Å². The minimum Gasteiger partial charge on any atom is -0.208 e. The number of hydrogen-bond acceptors (Lipinski definition) is 5. The van der Waals surface area contributed by atoms with Crippen LogP contribution in [0.4, 0.5) is 0 Å². The van der Waals surface area contributed by atoms with Crippen molar-refractivity contribution in [1.29, 1.82) is 0 Å². The van der Waals surface area contributed by atoms with Crippen LogP contribution in [0.2, 0.25) is 0 Å². The van der Waals surface area contributed by atoms with Crippen LogP contribution in [0.1, 0.15) is 18.9 Å². The molecule has 0 amide bonds. The van der Waals surface area contributed by atoms with E-state index in [0.717, 1.165) is 39.6 Å². The fraction of sp³-hybridized carbons (Fsp3) is 0.0517. The molecule has 0 saturated heterocycles. The van der Waals surface area contributed by atoms with E-state index in [1.165, 1.54) is 68.3 Å². The van der Waals surface area contributed by atoms with Crippen LogP contribution in [0.3, 0.4) is 0 Å². The van der Waals surface area contributed by atoms with Gasteiger partial charge in [-0.3, -0.25) is 0 Å². The van der Waals surface area contributed by atoms with Crippen LogP contribution in [-0.2, 0) is 0 Å². The highest BCUT2D eigenvalue weighted by Gasteiger charge is 2.19. The topological polar surface area (TPSA) is 38.7 Å². The summed E-state index contributed by atoms with van der Waals surface area (Å²) in [5.74, 6) is 2.54. The Morgan fingerprint density at radius 3 is 1.75 bits per heavy atom. The lowest BCUT2D eigenvalue weighted by atomic mass is 9.93. The highest BCUT2D eigenvalue weighted by Crippen LogP contribution is 2.45. The summed E-state index contributed by atoms with van der Waals surface area (Å²) < 4.78 is 5.09. The summed E-state index contributed by atoms with van der Waals surface area (Å²) in [7, 11) is 0. The number of nitrogens with zero attached hydrogens (tertiary/aromatic N) is 3. The zero-order valence-electron chi connectivity index (χ0n) is 34.5. The molecule has 298 valence electrons. The van der Waals surface area contributed by atoms with E-state index in [1.54, 1.807) is 0 Å². The molecule has 0 radical (unpaired) electrons. The molecule has 0 spiro atoms. The van der Waals surface area contributed by atoms with Crippen molar-refractivity contribution in [2.75, 3.05) is 0 Å². The third-order valence-corrected chi connectivity index (χ3v) is 14.7. The summed E-state index contributed by atoms with van der Waals surface area (Å²) in [6, 6.07) is 65.3. The van der Waals surface area contributed by atoms with Gasteiger partial charge < -0.3 is 0 Å². The summed E-state index contributed by atoms with van der Waals surface area (Å²) in [6.07, 6.45) is 8.01. The third-order valence-electron chi connectivity index (χ3n) is 12.3. The molecular weight excluding hydrogens is 803 g/mol. The Labute approximate surface area is 374 Å². The molecule has 0 bridgehead atoms. The summed E-state index contributed by atoms with van der Waals surface area (Å²) in [5, 5.41) is 4.98. The molecule has 3 nitrogen and oxygen atoms in total. The van der Waals surface area contributed by atoms with Crippen LogP contribution in [0, 0.1) is 5.92 Å². The van der Waals surface area contributed by atoms with Gasteiger partial charge in [0.05, 0.1) is 0 Å². The Hall–Kier alpha value is -7.31. The molecule has 12 rings (SSSR count). The second-order valence-electron chi connectivity index (χ2n) is 16.4. The van der Waals surface area contributed by atoms with E-state index < -0.39 is 0 Å². The first-order valence-electron chi connectivity index (χ1n) is 21.5. The molecule has 1 aliphatic rings. The van der Waals surface area contributed by atoms with Crippen LogP contribution >= 0.6 is 22.7 Å². The molecule has 1 unspecified atom stereocenters. The Kier molecular flexibility index (Phi) is 9.24. The third kappa shape index (κ3) is 6.78. The van der Waals surface area contributed by atoms with Gasteiger partial charge in [-0.2, -0.15) is 0 Å². The Bertz CT molecular complexity index is 3610. The molecule has 8 aromatic carbocycles. The largest absolute Gasteiger partial charge is 0.208 e. The first-order valence-corrected chi connectivity index (χ1v) is 23.1. The average molecular weight is 842 g/mol. The quantitative estimate of drug-likeness (QED) is 0.160. The van der Waals surface area contributed by atoms with E-state index in [-0.39, 0.29) is 0 Å². The van der Waals surface area contributed by atoms with Gasteiger partial charge in [0, 0.05) is 57.0 Å². The summed E-state index contributed by atoms with van der Waals surface area (Å²) in [6.45, 7) is 2.26. The fourth-order valence-electron chi connectivity index (χ4n) is 9.07. The lowest BCUT2D eigenvalue weighted by Crippen LogP contribution is -2.00. The highest BCUT2D eigenvalue weighted by atomic mass is 32.1. The lowest BCUT2D eigenvalue weighted by Gasteiger charge is -2.12. The van der Waals surface area contributed by atoms with Gasteiger partial charge in [0.25, 0.3) is 0 Å². The van der Waals surface area contributed by atoms with E-state index in [0.29, 0.717) is 23.4 Å². The van der Waals surface area contributed by atoms with E-state index in [2.05, 4.69) is 189 Å². The molecule has 3 heterocycles. The number of benzene rings is 8. The van der Waals surface area contributed by atoms with Gasteiger partial charge in [-0.1, -0.05) is 183 Å². The van der Waals surface area contributed by atoms with Crippen molar-refractivity contribution in [2.45, 2.75) is 13.3 Å². The van der Waals surface area contributed by atoms with Gasteiger partial charge in [-0.15, -0.1) is 22.7 Å². The van der Waals surface area contributed by atoms with Crippen LogP contribution in [0.5, 0.6) is 0 Å². The number of fused-ring (bicyclic) bond motifs is 6. The Balaban J connectivity index is 0.953. The van der Waals surface area contributed by atoms with Gasteiger partial charge in [-0.25, -0.2) is 15.0 Å². The van der Waals surface area contributed by atoms with Crippen molar-refractivity contribution in [2.24, 2.45) is 5.92 Å². The summed E-state index contributed by atoms with van der Waals surface area (Å²) in [5.41, 5.74) is 12.6. The molecule has 0 saturated carbocycles. The Morgan fingerprint density at radius 2 is 0.952 bits per heavy atom. The summed E-state index contributed by atoms with van der Waals surface area (Å²) >= 11 is 3.70. The predicted molar refractivity (Wildman–Crippen MR) is 269 cm³/mol. The maximum absolute atomic E-state index is 5.30. The number of hydrogen-bond donors (Lipinski definition) is 0. The molecule has 3 aromatic heterocycles. The molecule has 0 N–H and O–H groups in total. The molecular formula is C58H39N3S2. The van der Waals surface area contributed by atoms with Crippen molar-refractivity contribution in [1.82, 2.24) is 15.0 Å². The lowest BCUT2D eigenvalue weighted by molar-refractivity contribution is 0.739. The second-order valence-corrected chi connectivity index (χ2v) is 18.5. The van der Waals surface area contributed by atoms with Crippen LogP contribution in [0.15, 0.2) is 200 Å². The van der Waals surface area contributed by atoms with Crippen molar-refractivity contribution >= 4 is 68.6 Å². The normalized spacial score (nSPS) is 13.9. The van der Waals surface area contributed by atoms with E-state index in [1.807, 2.05) is 40.9 Å². The number of allylic oxidation sites excluding steroid dienone is 4. The SMILES string of the molecule is CC1C=CC(c2ccc(-c3cccc4c3sc3cccc(-c5nc(-c6ccccc6)nc(-c6cccc(-c7cccc(-c8cccc9c8sc8ccccc89)c7)c6)n5)c34)cc2)=CC1. The molecule has 0 fully saturated rings. The molecule has 0 aliphatic heterocycles. The smallest absolute Gasteiger partial charge is 0.164 e. The zero-order chi connectivity index (χ0) is 41.9. The zero-order valence-corrected chi connectivity index (χ0v) is 36.1. The average Bonchev–Trinajstić information content (AvgIpc) is 3.94. The highest BCUT2D eigenvalue weighted by molar-refractivity contribution is 7.26. The fourth-order valence-corrected chi connectivity index (χ4v) is 11.6. The molecule has 63 heavy (non-hydrogen) atoms. The molecule has 11 aromatic rings. The van der Waals surface area contributed by atoms with Crippen molar-refractivity contribution < 1.29 is 0 Å². The van der Waals surface area contributed by atoms with Crippen molar-refractivity contribution in [3.05, 3.63) is 206 Å². The number of aromatic nitrogens is 3. The minimum absolute atomic E-state index is 0.595. The monoisotopic (exact) mass is 841 g/mol. The minimum atomic E-state index is 0.595. The maximum atomic E-state index is 5.30. The predicted octanol–water partition coefficient (Wildman–Crippen LogP) is 16.6. The van der Waals surface area contributed by atoms with Crippen LogP contribution in [-0.4, -0.2) is 15.0 Å². The van der Waals surface area contributed by atoms with Gasteiger partial charge in [-0.05, 0) is 81.1 Å². The molecule has 5 heteroatoms. The van der Waals surface area contributed by atoms with Crippen molar-refractivity contribution in [3.63, 3.8) is 0 Å².